The van der Waals surface area contributed by atoms with Crippen molar-refractivity contribution in [3.8, 4) is 0 Å². The molecular formula is C12H18O2. The second-order valence-corrected chi connectivity index (χ2v) is 4.86. The van der Waals surface area contributed by atoms with Gasteiger partial charge in [-0.15, -0.1) is 0 Å². The highest BCUT2D eigenvalue weighted by molar-refractivity contribution is 5.86. The summed E-state index contributed by atoms with van der Waals surface area (Å²) >= 11 is 0. The summed E-state index contributed by atoms with van der Waals surface area (Å²) in [5.41, 5.74) is 0.656. The molecule has 14 heavy (non-hydrogen) atoms. The molecule has 2 aliphatic carbocycles. The fraction of sp³-hybridized carbons (Fsp3) is 0.750. The van der Waals surface area contributed by atoms with Crippen molar-refractivity contribution in [2.24, 2.45) is 11.3 Å². The predicted molar refractivity (Wildman–Crippen MR) is 54.8 cm³/mol. The van der Waals surface area contributed by atoms with Crippen LogP contribution in [0.5, 0.6) is 0 Å². The summed E-state index contributed by atoms with van der Waals surface area (Å²) in [5.74, 6) is 0.471. The molecule has 2 fully saturated rings. The summed E-state index contributed by atoms with van der Waals surface area (Å²) in [6, 6.07) is 0. The van der Waals surface area contributed by atoms with E-state index in [4.69, 9.17) is 0 Å². The first-order chi connectivity index (χ1) is 6.56. The molecule has 1 N–H and O–H groups in total. The molecule has 0 aromatic heterocycles. The fourth-order valence-electron chi connectivity index (χ4n) is 3.08. The normalized spacial score (nSPS) is 43.6. The molecule has 0 aromatic carbocycles. The van der Waals surface area contributed by atoms with E-state index in [-0.39, 0.29) is 11.7 Å². The quantitative estimate of drug-likeness (QED) is 0.599. The van der Waals surface area contributed by atoms with Gasteiger partial charge in [-0.2, -0.15) is 0 Å². The third kappa shape index (κ3) is 1.17. The van der Waals surface area contributed by atoms with Gasteiger partial charge in [0.25, 0.3) is 0 Å². The summed E-state index contributed by atoms with van der Waals surface area (Å²) < 4.78 is 0. The standard InChI is InChI=1S/C12H18O2/c1-8-4-3-5-10(13)12(2)9(8)6-7-11(12)14/h9,11,14H,1,3-7H2,2H3/t9-,11-,12+/m0/s1. The van der Waals surface area contributed by atoms with Gasteiger partial charge in [0.2, 0.25) is 0 Å². The third-order valence-electron chi connectivity index (χ3n) is 4.14. The topological polar surface area (TPSA) is 37.3 Å². The highest BCUT2D eigenvalue weighted by atomic mass is 16.3. The van der Waals surface area contributed by atoms with E-state index in [0.717, 1.165) is 25.7 Å². The molecule has 0 heterocycles. The number of hydrogen-bond donors (Lipinski definition) is 1. The lowest BCUT2D eigenvalue weighted by Crippen LogP contribution is -2.39. The molecule has 0 aliphatic heterocycles. The van der Waals surface area contributed by atoms with Crippen LogP contribution in [0.15, 0.2) is 12.2 Å². The zero-order chi connectivity index (χ0) is 10.3. The van der Waals surface area contributed by atoms with Crippen molar-refractivity contribution >= 4 is 5.78 Å². The maximum Gasteiger partial charge on any atom is 0.141 e. The fourth-order valence-corrected chi connectivity index (χ4v) is 3.08. The zero-order valence-corrected chi connectivity index (χ0v) is 8.75. The van der Waals surface area contributed by atoms with Gasteiger partial charge in [-0.05, 0) is 38.5 Å². The van der Waals surface area contributed by atoms with Crippen LogP contribution in [-0.4, -0.2) is 17.0 Å². The number of carbonyl (C=O) groups excluding carboxylic acids is 1. The lowest BCUT2D eigenvalue weighted by atomic mass is 9.72. The molecule has 0 radical (unpaired) electrons. The number of fused-ring (bicyclic) bond motifs is 1. The SMILES string of the molecule is C=C1CCCC(=O)[C@]2(C)[C@@H](O)CC[C@@H]12. The molecule has 0 aromatic rings. The average Bonchev–Trinajstić information content (AvgIpc) is 2.39. The van der Waals surface area contributed by atoms with Crippen LogP contribution in [0.4, 0.5) is 0 Å². The molecule has 2 saturated carbocycles. The van der Waals surface area contributed by atoms with E-state index in [9.17, 15) is 9.90 Å². The van der Waals surface area contributed by atoms with E-state index < -0.39 is 11.5 Å². The average molecular weight is 194 g/mol. The first-order valence-electron chi connectivity index (χ1n) is 5.46. The van der Waals surface area contributed by atoms with Gasteiger partial charge in [0.15, 0.2) is 0 Å². The second-order valence-electron chi connectivity index (χ2n) is 4.86. The van der Waals surface area contributed by atoms with E-state index in [2.05, 4.69) is 6.58 Å². The number of hydrogen-bond acceptors (Lipinski definition) is 2. The largest absolute Gasteiger partial charge is 0.392 e. The maximum absolute atomic E-state index is 12.0. The number of aliphatic hydroxyl groups is 1. The Morgan fingerprint density at radius 1 is 1.43 bits per heavy atom. The number of aliphatic hydroxyl groups excluding tert-OH is 1. The van der Waals surface area contributed by atoms with Gasteiger partial charge in [0, 0.05) is 6.42 Å². The smallest absolute Gasteiger partial charge is 0.141 e. The summed E-state index contributed by atoms with van der Waals surface area (Å²) in [7, 11) is 0. The third-order valence-corrected chi connectivity index (χ3v) is 4.14. The van der Waals surface area contributed by atoms with Gasteiger partial charge in [-0.3, -0.25) is 4.79 Å². The summed E-state index contributed by atoms with van der Waals surface area (Å²) in [6.45, 7) is 5.99. The number of rotatable bonds is 0. The molecule has 0 bridgehead atoms. The molecule has 2 nitrogen and oxygen atoms in total. The Hall–Kier alpha value is -0.630. The van der Waals surface area contributed by atoms with Crippen LogP contribution in [0.1, 0.15) is 39.0 Å². The molecule has 2 heteroatoms. The second kappa shape index (κ2) is 3.20. The minimum atomic E-state index is -0.520. The first kappa shape index (κ1) is 9.91. The summed E-state index contributed by atoms with van der Waals surface area (Å²) in [6.07, 6.45) is 3.72. The Morgan fingerprint density at radius 2 is 2.14 bits per heavy atom. The van der Waals surface area contributed by atoms with E-state index in [1.54, 1.807) is 0 Å². The van der Waals surface area contributed by atoms with Crippen molar-refractivity contribution in [1.29, 1.82) is 0 Å². The summed E-state index contributed by atoms with van der Waals surface area (Å²) in [5, 5.41) is 9.93. The predicted octanol–water partition coefficient (Wildman–Crippen LogP) is 2.07. The van der Waals surface area contributed by atoms with Crippen LogP contribution in [0.2, 0.25) is 0 Å². The molecular weight excluding hydrogens is 176 g/mol. The Morgan fingerprint density at radius 3 is 2.86 bits per heavy atom. The molecule has 3 atom stereocenters. The van der Waals surface area contributed by atoms with E-state index in [1.807, 2.05) is 6.92 Å². The van der Waals surface area contributed by atoms with Gasteiger partial charge in [-0.1, -0.05) is 12.2 Å². The van der Waals surface area contributed by atoms with Crippen LogP contribution < -0.4 is 0 Å². The number of allylic oxidation sites excluding steroid dienone is 1. The lowest BCUT2D eigenvalue weighted by molar-refractivity contribution is -0.134. The van der Waals surface area contributed by atoms with Crippen LogP contribution in [-0.2, 0) is 4.79 Å². The van der Waals surface area contributed by atoms with Crippen molar-refractivity contribution in [1.82, 2.24) is 0 Å². The molecule has 0 spiro atoms. The Bertz CT molecular complexity index is 282. The van der Waals surface area contributed by atoms with Gasteiger partial charge >= 0.3 is 0 Å². The number of Topliss-reactive ketones (excluding diaryl/α,β-unsaturated/α-hetero) is 1. The number of ketones is 1. The van der Waals surface area contributed by atoms with E-state index in [1.165, 1.54) is 5.57 Å². The van der Waals surface area contributed by atoms with Gasteiger partial charge in [0.05, 0.1) is 11.5 Å². The van der Waals surface area contributed by atoms with Crippen molar-refractivity contribution in [2.75, 3.05) is 0 Å². The number of carbonyl (C=O) groups is 1. The first-order valence-corrected chi connectivity index (χ1v) is 5.46. The Kier molecular flexibility index (Phi) is 2.26. The monoisotopic (exact) mass is 194 g/mol. The van der Waals surface area contributed by atoms with Crippen molar-refractivity contribution in [2.45, 2.75) is 45.1 Å². The van der Waals surface area contributed by atoms with Crippen molar-refractivity contribution < 1.29 is 9.90 Å². The Balaban J connectivity index is 2.39. The molecule has 78 valence electrons. The minimum absolute atomic E-state index is 0.229. The molecule has 0 saturated heterocycles. The van der Waals surface area contributed by atoms with Gasteiger partial charge < -0.3 is 5.11 Å². The van der Waals surface area contributed by atoms with Crippen LogP contribution in [0.25, 0.3) is 0 Å². The molecule has 2 rings (SSSR count). The van der Waals surface area contributed by atoms with Crippen LogP contribution in [0, 0.1) is 11.3 Å². The van der Waals surface area contributed by atoms with Gasteiger partial charge in [0.1, 0.15) is 5.78 Å². The highest BCUT2D eigenvalue weighted by Gasteiger charge is 2.52. The zero-order valence-electron chi connectivity index (χ0n) is 8.75. The van der Waals surface area contributed by atoms with Crippen molar-refractivity contribution in [3.63, 3.8) is 0 Å². The highest BCUT2D eigenvalue weighted by Crippen LogP contribution is 2.50. The van der Waals surface area contributed by atoms with E-state index in [0.29, 0.717) is 6.42 Å². The molecule has 0 amide bonds. The van der Waals surface area contributed by atoms with Crippen LogP contribution >= 0.6 is 0 Å². The minimum Gasteiger partial charge on any atom is -0.392 e. The van der Waals surface area contributed by atoms with Crippen LogP contribution in [0.3, 0.4) is 0 Å². The Labute approximate surface area is 85.0 Å². The van der Waals surface area contributed by atoms with Crippen molar-refractivity contribution in [3.05, 3.63) is 12.2 Å². The molecule has 0 unspecified atom stereocenters. The molecule has 2 aliphatic rings. The van der Waals surface area contributed by atoms with Gasteiger partial charge in [-0.25, -0.2) is 0 Å². The summed E-state index contributed by atoms with van der Waals surface area (Å²) in [4.78, 5) is 12.0. The van der Waals surface area contributed by atoms with E-state index >= 15 is 0 Å². The lowest BCUT2D eigenvalue weighted by Gasteiger charge is -2.32. The maximum atomic E-state index is 12.0.